The number of rotatable bonds is 17. The molecule has 1 aromatic carbocycles. The van der Waals surface area contributed by atoms with E-state index in [-0.39, 0.29) is 25.3 Å². The first-order valence-electron chi connectivity index (χ1n) is 13.6. The molecule has 230 valence electrons. The number of aromatic amines is 1. The molecule has 0 aliphatic carbocycles. The van der Waals surface area contributed by atoms with Crippen molar-refractivity contribution in [3.8, 4) is 0 Å². The van der Waals surface area contributed by atoms with Crippen LogP contribution in [0.3, 0.4) is 0 Å². The van der Waals surface area contributed by atoms with Gasteiger partial charge in [-0.1, -0.05) is 38.5 Å². The number of hydrogen-bond donors (Lipinski definition) is 9. The smallest absolute Gasteiger partial charge is 0.326 e. The number of para-hydroxylation sites is 1. The van der Waals surface area contributed by atoms with Crippen LogP contribution in [0.25, 0.3) is 10.9 Å². The second-order valence-corrected chi connectivity index (χ2v) is 10.0. The van der Waals surface area contributed by atoms with Gasteiger partial charge in [-0.2, -0.15) is 0 Å². The maximum atomic E-state index is 13.3. The minimum absolute atomic E-state index is 0.0888. The second-order valence-electron chi connectivity index (χ2n) is 10.0. The number of carbonyl (C=O) groups excluding carboxylic acids is 3. The minimum Gasteiger partial charge on any atom is -0.481 e. The van der Waals surface area contributed by atoms with Gasteiger partial charge in [0.05, 0.1) is 12.5 Å². The number of guanidine groups is 1. The molecule has 1 heterocycles. The first-order chi connectivity index (χ1) is 19.8. The molecule has 0 aliphatic heterocycles. The third-order valence-corrected chi connectivity index (χ3v) is 6.82. The molecular weight excluding hydrogens is 548 g/mol. The molecule has 15 nitrogen and oxygen atoms in total. The molecule has 0 saturated carbocycles. The number of fused-ring (bicyclic) bond motifs is 1. The highest BCUT2D eigenvalue weighted by atomic mass is 16.4. The maximum Gasteiger partial charge on any atom is 0.326 e. The molecule has 2 aromatic rings. The molecule has 15 heteroatoms. The lowest BCUT2D eigenvalue weighted by Crippen LogP contribution is -2.59. The Kier molecular flexibility index (Phi) is 12.7. The summed E-state index contributed by atoms with van der Waals surface area (Å²) >= 11 is 0. The summed E-state index contributed by atoms with van der Waals surface area (Å²) in [6, 6.07) is 2.08. The van der Waals surface area contributed by atoms with Crippen molar-refractivity contribution >= 4 is 46.5 Å². The number of aromatic nitrogens is 1. The fourth-order valence-corrected chi connectivity index (χ4v) is 4.25. The van der Waals surface area contributed by atoms with E-state index in [1.165, 1.54) is 0 Å². The van der Waals surface area contributed by atoms with Gasteiger partial charge in [0.25, 0.3) is 0 Å². The predicted octanol–water partition coefficient (Wildman–Crippen LogP) is -0.849. The maximum absolute atomic E-state index is 13.3. The number of carboxylic acid groups (broad SMARTS) is 2. The number of carboxylic acids is 2. The average Bonchev–Trinajstić information content (AvgIpc) is 3.34. The van der Waals surface area contributed by atoms with Gasteiger partial charge >= 0.3 is 11.9 Å². The lowest BCUT2D eigenvalue weighted by atomic mass is 9.97. The zero-order chi connectivity index (χ0) is 31.4. The van der Waals surface area contributed by atoms with Gasteiger partial charge in [0.2, 0.25) is 17.7 Å². The van der Waals surface area contributed by atoms with Crippen LogP contribution in [0, 0.1) is 5.92 Å². The lowest BCUT2D eigenvalue weighted by molar-refractivity contribution is -0.143. The Labute approximate surface area is 242 Å². The Morgan fingerprint density at radius 1 is 0.976 bits per heavy atom. The van der Waals surface area contributed by atoms with E-state index in [9.17, 15) is 34.2 Å². The van der Waals surface area contributed by atoms with Gasteiger partial charge in [-0.25, -0.2) is 4.79 Å². The zero-order valence-electron chi connectivity index (χ0n) is 23.6. The first kappa shape index (κ1) is 33.5. The number of nitrogens with two attached hydrogens (primary N) is 3. The van der Waals surface area contributed by atoms with Gasteiger partial charge in [-0.15, -0.1) is 0 Å². The Hall–Kier alpha value is -4.66. The number of carbonyl (C=O) groups is 5. The summed E-state index contributed by atoms with van der Waals surface area (Å²) in [4.78, 5) is 69.5. The molecule has 3 amide bonds. The monoisotopic (exact) mass is 588 g/mol. The van der Waals surface area contributed by atoms with Gasteiger partial charge in [0, 0.05) is 30.1 Å². The molecule has 0 radical (unpaired) electrons. The number of hydrogen-bond acceptors (Lipinski definition) is 7. The third-order valence-electron chi connectivity index (χ3n) is 6.82. The lowest BCUT2D eigenvalue weighted by Gasteiger charge is -2.27. The Morgan fingerprint density at radius 2 is 1.64 bits per heavy atom. The topological polar surface area (TPSA) is 268 Å². The Balaban J connectivity index is 2.14. The summed E-state index contributed by atoms with van der Waals surface area (Å²) in [7, 11) is 0. The third kappa shape index (κ3) is 10.1. The van der Waals surface area contributed by atoms with E-state index in [0.717, 1.165) is 10.9 Å². The molecule has 2 rings (SSSR count). The van der Waals surface area contributed by atoms with Crippen LogP contribution < -0.4 is 33.2 Å². The summed E-state index contributed by atoms with van der Waals surface area (Å²) in [5.74, 6) is -5.67. The van der Waals surface area contributed by atoms with Crippen molar-refractivity contribution in [1.82, 2.24) is 20.9 Å². The van der Waals surface area contributed by atoms with Crippen molar-refractivity contribution in [3.05, 3.63) is 36.0 Å². The number of nitrogens with one attached hydrogen (secondary N) is 4. The molecular formula is C27H40N8O7. The molecule has 0 saturated heterocycles. The van der Waals surface area contributed by atoms with Crippen molar-refractivity contribution in [2.75, 3.05) is 6.54 Å². The van der Waals surface area contributed by atoms with Crippen molar-refractivity contribution in [2.24, 2.45) is 28.1 Å². The molecule has 0 aliphatic rings. The normalized spacial score (nSPS) is 14.5. The van der Waals surface area contributed by atoms with Crippen molar-refractivity contribution in [1.29, 1.82) is 0 Å². The first-order valence-corrected chi connectivity index (χ1v) is 13.6. The Bertz CT molecular complexity index is 1290. The quantitative estimate of drug-likeness (QED) is 0.0627. The van der Waals surface area contributed by atoms with Crippen molar-refractivity contribution in [3.63, 3.8) is 0 Å². The summed E-state index contributed by atoms with van der Waals surface area (Å²) in [5, 5.41) is 27.3. The summed E-state index contributed by atoms with van der Waals surface area (Å²) in [5.41, 5.74) is 17.9. The highest BCUT2D eigenvalue weighted by molar-refractivity contribution is 5.96. The minimum atomic E-state index is -1.61. The second kappa shape index (κ2) is 16.0. The van der Waals surface area contributed by atoms with Crippen LogP contribution in [0.1, 0.15) is 45.1 Å². The summed E-state index contributed by atoms with van der Waals surface area (Å²) in [6.07, 6.45) is 1.83. The van der Waals surface area contributed by atoms with Crippen LogP contribution in [0.5, 0.6) is 0 Å². The number of aliphatic imine (C=N–C) groups is 1. The number of H-pyrrole nitrogens is 1. The number of benzene rings is 1. The van der Waals surface area contributed by atoms with Gasteiger partial charge in [0.15, 0.2) is 5.96 Å². The van der Waals surface area contributed by atoms with Gasteiger partial charge in [0.1, 0.15) is 18.1 Å². The Morgan fingerprint density at radius 3 is 2.26 bits per heavy atom. The van der Waals surface area contributed by atoms with E-state index in [1.807, 2.05) is 12.1 Å². The predicted molar refractivity (Wildman–Crippen MR) is 155 cm³/mol. The molecule has 0 fully saturated rings. The van der Waals surface area contributed by atoms with Crippen LogP contribution in [0.2, 0.25) is 0 Å². The van der Waals surface area contributed by atoms with E-state index in [1.54, 1.807) is 32.2 Å². The molecule has 12 N–H and O–H groups in total. The van der Waals surface area contributed by atoms with Crippen LogP contribution in [-0.2, 0) is 30.4 Å². The van der Waals surface area contributed by atoms with E-state index in [2.05, 4.69) is 25.9 Å². The highest BCUT2D eigenvalue weighted by Crippen LogP contribution is 2.19. The van der Waals surface area contributed by atoms with Crippen LogP contribution in [0.15, 0.2) is 35.5 Å². The zero-order valence-corrected chi connectivity index (χ0v) is 23.6. The van der Waals surface area contributed by atoms with E-state index in [4.69, 9.17) is 17.2 Å². The molecule has 42 heavy (non-hydrogen) atoms. The number of amides is 3. The van der Waals surface area contributed by atoms with E-state index >= 15 is 0 Å². The SMILES string of the molecule is CCC(C)C(NC(=O)C(N)CCCN=C(N)N)C(=O)NC(CC(=O)O)C(=O)NC(Cc1c[nH]c2ccccc12)C(=O)O. The summed E-state index contributed by atoms with van der Waals surface area (Å²) < 4.78 is 0. The molecule has 1 aromatic heterocycles. The standard InChI is InChI=1S/C27H40N8O7/c1-3-14(2)22(35-23(38)17(28)8-6-10-31-27(29)30)25(40)33-19(12-21(36)37)24(39)34-20(26(41)42)11-15-13-32-18-9-5-4-7-16(15)18/h4-5,7,9,13-14,17,19-20,22,32H,3,6,8,10-12,28H2,1-2H3,(H,33,40)(H,34,39)(H,35,38)(H,36,37)(H,41,42)(H4,29,30,31). The van der Waals surface area contributed by atoms with Crippen molar-refractivity contribution in [2.45, 2.75) is 70.1 Å². The van der Waals surface area contributed by atoms with E-state index < -0.39 is 66.2 Å². The van der Waals surface area contributed by atoms with Gasteiger partial charge in [-0.05, 0) is 30.4 Å². The molecule has 5 unspecified atom stereocenters. The molecule has 5 atom stereocenters. The van der Waals surface area contributed by atoms with E-state index in [0.29, 0.717) is 18.4 Å². The van der Waals surface area contributed by atoms with Crippen LogP contribution in [0.4, 0.5) is 0 Å². The highest BCUT2D eigenvalue weighted by Gasteiger charge is 2.33. The molecule has 0 bridgehead atoms. The van der Waals surface area contributed by atoms with Crippen molar-refractivity contribution < 1.29 is 34.2 Å². The fourth-order valence-electron chi connectivity index (χ4n) is 4.25. The largest absolute Gasteiger partial charge is 0.481 e. The van der Waals surface area contributed by atoms with Crippen LogP contribution in [-0.4, -0.2) is 81.5 Å². The average molecular weight is 589 g/mol. The van der Waals surface area contributed by atoms with Crippen LogP contribution >= 0.6 is 0 Å². The number of nitrogens with zero attached hydrogens (tertiary/aromatic N) is 1. The number of aliphatic carboxylic acids is 2. The fraction of sp³-hybridized carbons (Fsp3) is 0.481. The van der Waals surface area contributed by atoms with Gasteiger partial charge < -0.3 is 48.3 Å². The summed E-state index contributed by atoms with van der Waals surface area (Å²) in [6.45, 7) is 3.75. The van der Waals surface area contributed by atoms with Gasteiger partial charge in [-0.3, -0.25) is 24.2 Å². The molecule has 0 spiro atoms.